The van der Waals surface area contributed by atoms with Crippen molar-refractivity contribution in [1.29, 1.82) is 0 Å². The van der Waals surface area contributed by atoms with Gasteiger partial charge in [0.25, 0.3) is 0 Å². The average Bonchev–Trinajstić information content (AvgIpc) is 2.01. The molecule has 0 nitrogen and oxygen atoms in total. The van der Waals surface area contributed by atoms with Gasteiger partial charge in [0.05, 0.1) is 0 Å². The van der Waals surface area contributed by atoms with Crippen LogP contribution in [0.1, 0.15) is 5.56 Å². The minimum absolute atomic E-state index is 0.544. The van der Waals surface area contributed by atoms with Crippen LogP contribution in [0.25, 0.3) is 0 Å². The third-order valence-corrected chi connectivity index (χ3v) is 4.10. The van der Waals surface area contributed by atoms with Crippen LogP contribution in [0.4, 0.5) is 13.2 Å². The minimum atomic E-state index is -4.23. The van der Waals surface area contributed by atoms with Crippen LogP contribution in [-0.4, -0.2) is 20.0 Å². The van der Waals surface area contributed by atoms with E-state index < -0.39 is 19.0 Å². The molecule has 0 heterocycles. The monoisotopic (exact) mass is 222 g/mol. The van der Waals surface area contributed by atoms with Crippen molar-refractivity contribution in [1.82, 2.24) is 0 Å². The first-order valence-electron chi connectivity index (χ1n) is 4.39. The van der Waals surface area contributed by atoms with E-state index in [2.05, 4.69) is 0 Å². The van der Waals surface area contributed by atoms with Crippen LogP contribution in [0, 0.1) is 0 Å². The fraction of sp³-hybridized carbons (Fsp3) is 0.400. The predicted molar refractivity (Wildman–Crippen MR) is 57.2 cm³/mol. The first-order valence-corrected chi connectivity index (χ1v) is 7.89. The Bertz CT molecular complexity index is 294. The van der Waals surface area contributed by atoms with Gasteiger partial charge in [0.2, 0.25) is 0 Å². The summed E-state index contributed by atoms with van der Waals surface area (Å²) in [6.45, 7) is 6.09. The van der Waals surface area contributed by atoms with E-state index in [9.17, 15) is 13.2 Å². The summed E-state index contributed by atoms with van der Waals surface area (Å²) in [5, 5.41) is 0.840. The first-order chi connectivity index (χ1) is 6.21. The van der Waals surface area contributed by atoms with Gasteiger partial charge in [-0.15, -0.1) is 0 Å². The van der Waals surface area contributed by atoms with E-state index in [-0.39, 0.29) is 0 Å². The number of hydrogen-bond donors (Lipinski definition) is 0. The normalized spacial score (nSPS) is 14.1. The standard InChI is InChI=1S/C10H14F3P/c1-14(2,3)9-6-4-5-8(7-9)10(11,12)13/h4-7,14H,1-3H3. The Hall–Kier alpha value is -0.560. The second-order valence-electron chi connectivity index (χ2n) is 4.33. The van der Waals surface area contributed by atoms with Gasteiger partial charge in [-0.1, -0.05) is 0 Å². The summed E-state index contributed by atoms with van der Waals surface area (Å²) in [4.78, 5) is 0. The summed E-state index contributed by atoms with van der Waals surface area (Å²) in [7, 11) is -1.64. The Labute approximate surface area is 82.5 Å². The molecule has 1 aromatic carbocycles. The first kappa shape index (κ1) is 11.5. The summed E-state index contributed by atoms with van der Waals surface area (Å²) in [6.07, 6.45) is -4.23. The van der Waals surface area contributed by atoms with Crippen molar-refractivity contribution < 1.29 is 13.2 Å². The molecule has 0 N–H and O–H groups in total. The van der Waals surface area contributed by atoms with E-state index in [0.29, 0.717) is 0 Å². The maximum absolute atomic E-state index is 12.4. The topological polar surface area (TPSA) is 0 Å². The van der Waals surface area contributed by atoms with E-state index in [1.165, 1.54) is 12.1 Å². The molecule has 0 radical (unpaired) electrons. The van der Waals surface area contributed by atoms with E-state index in [4.69, 9.17) is 0 Å². The van der Waals surface area contributed by atoms with E-state index in [0.717, 1.165) is 11.4 Å². The Morgan fingerprint density at radius 1 is 1.07 bits per heavy atom. The Morgan fingerprint density at radius 2 is 1.64 bits per heavy atom. The molecule has 0 fully saturated rings. The van der Waals surface area contributed by atoms with Crippen LogP contribution in [0.15, 0.2) is 24.3 Å². The van der Waals surface area contributed by atoms with Gasteiger partial charge in [0.15, 0.2) is 0 Å². The fourth-order valence-corrected chi connectivity index (χ4v) is 2.35. The van der Waals surface area contributed by atoms with Gasteiger partial charge in [0, 0.05) is 0 Å². The van der Waals surface area contributed by atoms with Crippen LogP contribution >= 0.6 is 7.26 Å². The Kier molecular flexibility index (Phi) is 2.91. The zero-order valence-electron chi connectivity index (χ0n) is 8.44. The van der Waals surface area contributed by atoms with Gasteiger partial charge in [-0.2, -0.15) is 0 Å². The Morgan fingerprint density at radius 3 is 2.07 bits per heavy atom. The maximum atomic E-state index is 12.4. The van der Waals surface area contributed by atoms with Crippen LogP contribution in [0.3, 0.4) is 0 Å². The molecule has 1 rings (SSSR count). The molecule has 14 heavy (non-hydrogen) atoms. The molecule has 80 valence electrons. The molecule has 0 aliphatic carbocycles. The summed E-state index contributed by atoms with van der Waals surface area (Å²) in [5.41, 5.74) is -0.544. The van der Waals surface area contributed by atoms with E-state index in [1.54, 1.807) is 6.07 Å². The van der Waals surface area contributed by atoms with Crippen LogP contribution < -0.4 is 5.30 Å². The fourth-order valence-electron chi connectivity index (χ4n) is 1.16. The number of rotatable bonds is 1. The van der Waals surface area contributed by atoms with Gasteiger partial charge < -0.3 is 0 Å². The van der Waals surface area contributed by atoms with Gasteiger partial charge in [0.1, 0.15) is 0 Å². The summed E-state index contributed by atoms with van der Waals surface area (Å²) < 4.78 is 37.1. The number of halogens is 3. The molecule has 0 atom stereocenters. The van der Waals surface area contributed by atoms with Crippen molar-refractivity contribution in [2.75, 3.05) is 20.0 Å². The van der Waals surface area contributed by atoms with Crippen molar-refractivity contribution >= 4 is 12.6 Å². The molecule has 0 amide bonds. The zero-order valence-corrected chi connectivity index (χ0v) is 9.44. The second kappa shape index (κ2) is 3.54. The summed E-state index contributed by atoms with van der Waals surface area (Å²) in [5.74, 6) is 0. The molecule has 1 aromatic rings. The zero-order chi connectivity index (χ0) is 11.0. The molecule has 0 spiro atoms. The molecule has 0 aliphatic heterocycles. The molecular formula is C10H14F3P. The summed E-state index contributed by atoms with van der Waals surface area (Å²) in [6, 6.07) is 5.65. The Balaban J connectivity index is 3.15. The van der Waals surface area contributed by atoms with Gasteiger partial charge in [-0.3, -0.25) is 0 Å². The van der Waals surface area contributed by atoms with E-state index >= 15 is 0 Å². The van der Waals surface area contributed by atoms with Gasteiger partial charge in [-0.25, -0.2) is 0 Å². The van der Waals surface area contributed by atoms with Crippen LogP contribution in [0.5, 0.6) is 0 Å². The number of hydrogen-bond acceptors (Lipinski definition) is 0. The van der Waals surface area contributed by atoms with Gasteiger partial charge >= 0.3 is 81.7 Å². The van der Waals surface area contributed by atoms with Crippen molar-refractivity contribution in [2.45, 2.75) is 6.18 Å². The van der Waals surface area contributed by atoms with Gasteiger partial charge in [-0.05, 0) is 0 Å². The molecule has 4 heteroatoms. The van der Waals surface area contributed by atoms with Crippen LogP contribution in [0.2, 0.25) is 0 Å². The second-order valence-corrected chi connectivity index (χ2v) is 9.41. The number of alkyl halides is 3. The van der Waals surface area contributed by atoms with E-state index in [1.807, 2.05) is 20.0 Å². The van der Waals surface area contributed by atoms with Crippen molar-refractivity contribution in [3.05, 3.63) is 29.8 Å². The molecule has 0 saturated carbocycles. The van der Waals surface area contributed by atoms with Crippen molar-refractivity contribution in [2.24, 2.45) is 0 Å². The molecule has 0 unspecified atom stereocenters. The van der Waals surface area contributed by atoms with Crippen LogP contribution in [-0.2, 0) is 6.18 Å². The van der Waals surface area contributed by atoms with Crippen molar-refractivity contribution in [3.8, 4) is 0 Å². The predicted octanol–water partition coefficient (Wildman–Crippen LogP) is 2.97. The SMILES string of the molecule is C[PH](C)(C)c1cccc(C(F)(F)F)c1. The molecule has 0 saturated heterocycles. The summed E-state index contributed by atoms with van der Waals surface area (Å²) >= 11 is 0. The molecule has 0 aromatic heterocycles. The average molecular weight is 222 g/mol. The molecule has 0 bridgehead atoms. The quantitative estimate of drug-likeness (QED) is 0.641. The third kappa shape index (κ3) is 2.71. The van der Waals surface area contributed by atoms with Crippen molar-refractivity contribution in [3.63, 3.8) is 0 Å². The third-order valence-electron chi connectivity index (χ3n) is 2.06. The molecular weight excluding hydrogens is 208 g/mol. The molecule has 0 aliphatic rings. The number of benzene rings is 1.